The number of hydrogen-bond donors (Lipinski definition) is 2. The van der Waals surface area contributed by atoms with E-state index in [9.17, 15) is 0 Å². The third kappa shape index (κ3) is 6.16. The van der Waals surface area contributed by atoms with Gasteiger partial charge in [0.15, 0.2) is 5.84 Å². The standard InChI is InChI=1S/C11H11N3.C10H14O.CH2O2/c1-13-11(12)10-7-14-6-8-4-2-3-5-9(8)10;1-7-5-8(2)10(11-4)9(3)6-7;2-1-3/h3,5-7,12H,1-2,4H2;5-6H,1-4H3;1H,(H,2,3). The Morgan fingerprint density at radius 1 is 1.29 bits per heavy atom. The summed E-state index contributed by atoms with van der Waals surface area (Å²) in [4.78, 5) is 16.1. The van der Waals surface area contributed by atoms with E-state index in [1.54, 1.807) is 13.3 Å². The number of nitrogens with zero attached hydrogens (tertiary/aromatic N) is 2. The molecule has 1 aliphatic rings. The number of ether oxygens (including phenoxy) is 1. The summed E-state index contributed by atoms with van der Waals surface area (Å²) in [7, 11) is 1.71. The molecule has 0 bridgehead atoms. The second-order valence-corrected chi connectivity index (χ2v) is 6.24. The number of benzene rings is 1. The molecule has 0 saturated carbocycles. The van der Waals surface area contributed by atoms with Gasteiger partial charge in [-0.3, -0.25) is 15.2 Å². The van der Waals surface area contributed by atoms with E-state index in [1.807, 2.05) is 12.3 Å². The molecule has 148 valence electrons. The Bertz CT molecular complexity index is 850. The van der Waals surface area contributed by atoms with Crippen LogP contribution in [-0.2, 0) is 11.2 Å². The third-order valence-electron chi connectivity index (χ3n) is 4.16. The summed E-state index contributed by atoms with van der Waals surface area (Å²) in [6.07, 6.45) is 9.73. The minimum absolute atomic E-state index is 0.195. The average molecular weight is 381 g/mol. The average Bonchev–Trinajstić information content (AvgIpc) is 2.67. The van der Waals surface area contributed by atoms with Crippen LogP contribution in [0, 0.1) is 26.2 Å². The number of nitrogens with one attached hydrogen (secondary N) is 1. The van der Waals surface area contributed by atoms with E-state index in [2.05, 4.69) is 55.7 Å². The van der Waals surface area contributed by atoms with E-state index < -0.39 is 0 Å². The summed E-state index contributed by atoms with van der Waals surface area (Å²) in [5, 5.41) is 14.5. The van der Waals surface area contributed by atoms with Crippen LogP contribution in [0.2, 0.25) is 0 Å². The van der Waals surface area contributed by atoms with Crippen molar-refractivity contribution in [2.24, 2.45) is 4.99 Å². The molecule has 1 heterocycles. The molecule has 6 nitrogen and oxygen atoms in total. The number of carboxylic acid groups (broad SMARTS) is 1. The van der Waals surface area contributed by atoms with Crippen molar-refractivity contribution in [1.29, 1.82) is 5.41 Å². The first-order valence-corrected chi connectivity index (χ1v) is 8.78. The molecule has 1 aromatic heterocycles. The first kappa shape index (κ1) is 22.8. The number of aryl methyl sites for hydroxylation is 4. The molecule has 2 N–H and O–H groups in total. The molecule has 0 radical (unpaired) electrons. The predicted molar refractivity (Wildman–Crippen MR) is 114 cm³/mol. The Morgan fingerprint density at radius 2 is 1.89 bits per heavy atom. The van der Waals surface area contributed by atoms with Gasteiger partial charge in [0.05, 0.1) is 7.11 Å². The topological polar surface area (TPSA) is 95.6 Å². The van der Waals surface area contributed by atoms with Gasteiger partial charge < -0.3 is 9.84 Å². The first-order valence-electron chi connectivity index (χ1n) is 8.78. The number of rotatable bonds is 2. The van der Waals surface area contributed by atoms with Gasteiger partial charge in [-0.25, -0.2) is 4.99 Å². The quantitative estimate of drug-likeness (QED) is 0.458. The number of carbonyl (C=O) groups is 1. The van der Waals surface area contributed by atoms with Crippen molar-refractivity contribution in [3.8, 4) is 5.75 Å². The van der Waals surface area contributed by atoms with Crippen molar-refractivity contribution in [2.75, 3.05) is 7.11 Å². The molecule has 0 spiro atoms. The number of aromatic nitrogens is 1. The number of pyridine rings is 1. The highest BCUT2D eigenvalue weighted by atomic mass is 16.5. The predicted octanol–water partition coefficient (Wildman–Crippen LogP) is 4.39. The van der Waals surface area contributed by atoms with E-state index in [4.69, 9.17) is 20.0 Å². The van der Waals surface area contributed by atoms with Crippen LogP contribution < -0.4 is 4.74 Å². The molecule has 0 atom stereocenters. The van der Waals surface area contributed by atoms with Crippen molar-refractivity contribution < 1.29 is 14.6 Å². The lowest BCUT2D eigenvalue weighted by molar-refractivity contribution is -0.122. The third-order valence-corrected chi connectivity index (χ3v) is 4.16. The maximum atomic E-state index is 8.36. The lowest BCUT2D eigenvalue weighted by Gasteiger charge is -2.12. The Hall–Kier alpha value is -3.28. The molecule has 1 aromatic carbocycles. The largest absolute Gasteiger partial charge is 0.496 e. The first-order chi connectivity index (χ1) is 13.4. The summed E-state index contributed by atoms with van der Waals surface area (Å²) in [5.74, 6) is 1.21. The van der Waals surface area contributed by atoms with Crippen LogP contribution in [0.4, 0.5) is 0 Å². The maximum absolute atomic E-state index is 8.36. The van der Waals surface area contributed by atoms with Gasteiger partial charge in [-0.05, 0) is 62.6 Å². The molecule has 0 saturated heterocycles. The molecular formula is C22H27N3O3. The van der Waals surface area contributed by atoms with Crippen molar-refractivity contribution in [1.82, 2.24) is 4.98 Å². The second kappa shape index (κ2) is 11.4. The lowest BCUT2D eigenvalue weighted by Crippen LogP contribution is -2.04. The molecular weight excluding hydrogens is 354 g/mol. The van der Waals surface area contributed by atoms with Gasteiger partial charge >= 0.3 is 0 Å². The second-order valence-electron chi connectivity index (χ2n) is 6.24. The molecule has 1 aliphatic carbocycles. The molecule has 28 heavy (non-hydrogen) atoms. The summed E-state index contributed by atoms with van der Waals surface area (Å²) in [5.41, 5.74) is 6.76. The summed E-state index contributed by atoms with van der Waals surface area (Å²) < 4.78 is 5.23. The van der Waals surface area contributed by atoms with Crippen LogP contribution >= 0.6 is 0 Å². The maximum Gasteiger partial charge on any atom is 0.290 e. The van der Waals surface area contributed by atoms with Crippen LogP contribution in [0.25, 0.3) is 6.08 Å². The number of aliphatic imine (C=N–C) groups is 1. The number of allylic oxidation sites excluding steroid dienone is 1. The normalized spacial score (nSPS) is 11.0. The molecule has 0 fully saturated rings. The van der Waals surface area contributed by atoms with E-state index in [1.165, 1.54) is 22.3 Å². The number of amidine groups is 1. The van der Waals surface area contributed by atoms with Crippen molar-refractivity contribution in [3.05, 3.63) is 64.0 Å². The Morgan fingerprint density at radius 3 is 2.43 bits per heavy atom. The zero-order chi connectivity index (χ0) is 21.1. The van der Waals surface area contributed by atoms with Crippen LogP contribution in [-0.4, -0.2) is 36.2 Å². The van der Waals surface area contributed by atoms with Gasteiger partial charge in [-0.2, -0.15) is 0 Å². The molecule has 6 heteroatoms. The highest BCUT2D eigenvalue weighted by molar-refractivity contribution is 6.02. The Kier molecular flexibility index (Phi) is 9.30. The van der Waals surface area contributed by atoms with Gasteiger partial charge in [-0.15, -0.1) is 0 Å². The summed E-state index contributed by atoms with van der Waals surface area (Å²) in [6.45, 7) is 9.34. The molecule has 2 aromatic rings. The lowest BCUT2D eigenvalue weighted by atomic mass is 9.95. The van der Waals surface area contributed by atoms with Crippen LogP contribution in [0.5, 0.6) is 5.75 Å². The minimum atomic E-state index is -0.250. The minimum Gasteiger partial charge on any atom is -0.496 e. The van der Waals surface area contributed by atoms with Crippen molar-refractivity contribution >= 4 is 25.1 Å². The van der Waals surface area contributed by atoms with E-state index in [0.29, 0.717) is 0 Å². The molecule has 0 unspecified atom stereocenters. The fraction of sp³-hybridized carbons (Fsp3) is 0.273. The van der Waals surface area contributed by atoms with Crippen molar-refractivity contribution in [2.45, 2.75) is 33.6 Å². The number of methoxy groups -OCH3 is 1. The van der Waals surface area contributed by atoms with Gasteiger partial charge in [0.25, 0.3) is 6.47 Å². The highest BCUT2D eigenvalue weighted by Gasteiger charge is 2.11. The van der Waals surface area contributed by atoms with Gasteiger partial charge in [0.1, 0.15) is 5.75 Å². The van der Waals surface area contributed by atoms with Gasteiger partial charge in [0, 0.05) is 18.0 Å². The Labute approximate surface area is 166 Å². The number of hydrogen-bond acceptors (Lipinski definition) is 4. The fourth-order valence-corrected chi connectivity index (χ4v) is 3.11. The molecule has 3 rings (SSSR count). The van der Waals surface area contributed by atoms with Crippen LogP contribution in [0.15, 0.2) is 35.6 Å². The van der Waals surface area contributed by atoms with E-state index in [0.717, 1.165) is 29.7 Å². The monoisotopic (exact) mass is 381 g/mol. The smallest absolute Gasteiger partial charge is 0.290 e. The SMILES string of the molecule is C=NC(=N)c1cncc2c1C=CCC2.COc1c(C)cc(C)cc1C.O=CO. The highest BCUT2D eigenvalue weighted by Crippen LogP contribution is 2.23. The molecule has 0 amide bonds. The van der Waals surface area contributed by atoms with Gasteiger partial charge in [-0.1, -0.05) is 29.8 Å². The fourth-order valence-electron chi connectivity index (χ4n) is 3.11. The zero-order valence-corrected chi connectivity index (χ0v) is 16.8. The Balaban J connectivity index is 0.000000252. The van der Waals surface area contributed by atoms with Gasteiger partial charge in [0.2, 0.25) is 0 Å². The molecule has 0 aliphatic heterocycles. The summed E-state index contributed by atoms with van der Waals surface area (Å²) in [6, 6.07) is 4.26. The van der Waals surface area contributed by atoms with E-state index >= 15 is 0 Å². The van der Waals surface area contributed by atoms with Crippen LogP contribution in [0.1, 0.15) is 39.8 Å². The number of fused-ring (bicyclic) bond motifs is 1. The van der Waals surface area contributed by atoms with E-state index in [-0.39, 0.29) is 12.3 Å². The van der Waals surface area contributed by atoms with Crippen LogP contribution in [0.3, 0.4) is 0 Å². The zero-order valence-electron chi connectivity index (χ0n) is 16.8. The summed E-state index contributed by atoms with van der Waals surface area (Å²) >= 11 is 0. The van der Waals surface area contributed by atoms with Crippen molar-refractivity contribution in [3.63, 3.8) is 0 Å².